The lowest BCUT2D eigenvalue weighted by Crippen LogP contribution is -2.45. The van der Waals surface area contributed by atoms with Crippen molar-refractivity contribution in [3.8, 4) is 0 Å². The Hall–Kier alpha value is -0.480. The molecule has 0 radical (unpaired) electrons. The molecule has 0 unspecified atom stereocenters. The number of benzene rings is 1. The van der Waals surface area contributed by atoms with Gasteiger partial charge in [0.15, 0.2) is 9.84 Å². The van der Waals surface area contributed by atoms with E-state index in [9.17, 15) is 16.8 Å². The molecule has 2 fully saturated rings. The van der Waals surface area contributed by atoms with Gasteiger partial charge in [-0.1, -0.05) is 15.9 Å². The average molecular weight is 438 g/mol. The van der Waals surface area contributed by atoms with Crippen molar-refractivity contribution < 1.29 is 21.6 Å². The molecule has 2 aliphatic rings. The van der Waals surface area contributed by atoms with Crippen molar-refractivity contribution in [2.75, 3.05) is 24.7 Å². The first-order valence-corrected chi connectivity index (χ1v) is 11.9. The number of halogens is 1. The summed E-state index contributed by atoms with van der Waals surface area (Å²) >= 11 is 3.29. The van der Waals surface area contributed by atoms with Crippen molar-refractivity contribution in [2.45, 2.75) is 36.3 Å². The van der Waals surface area contributed by atoms with Crippen molar-refractivity contribution in [1.29, 1.82) is 0 Å². The second kappa shape index (κ2) is 7.03. The van der Waals surface area contributed by atoms with E-state index >= 15 is 0 Å². The van der Waals surface area contributed by atoms with Crippen molar-refractivity contribution in [3.05, 3.63) is 28.7 Å². The van der Waals surface area contributed by atoms with Crippen LogP contribution in [0.2, 0.25) is 0 Å². The van der Waals surface area contributed by atoms with E-state index in [1.54, 1.807) is 12.1 Å². The average Bonchev–Trinajstić information content (AvgIpc) is 3.14. The lowest BCUT2D eigenvalue weighted by molar-refractivity contribution is 0.0877. The number of hydrogen-bond donors (Lipinski definition) is 0. The van der Waals surface area contributed by atoms with Crippen LogP contribution in [-0.4, -0.2) is 57.9 Å². The Labute approximate surface area is 151 Å². The molecule has 0 aliphatic carbocycles. The fourth-order valence-corrected chi connectivity index (χ4v) is 6.95. The third kappa shape index (κ3) is 4.01. The fraction of sp³-hybridized carbons (Fsp3) is 0.600. The first-order chi connectivity index (χ1) is 11.3. The molecule has 0 spiro atoms. The Morgan fingerprint density at radius 2 is 1.92 bits per heavy atom. The third-order valence-electron chi connectivity index (χ3n) is 4.44. The molecule has 2 saturated heterocycles. The van der Waals surface area contributed by atoms with E-state index in [-0.39, 0.29) is 29.0 Å². The Morgan fingerprint density at radius 3 is 2.46 bits per heavy atom. The predicted molar refractivity (Wildman–Crippen MR) is 94.1 cm³/mol. The van der Waals surface area contributed by atoms with Gasteiger partial charge in [-0.25, -0.2) is 16.8 Å². The summed E-state index contributed by atoms with van der Waals surface area (Å²) in [7, 11) is -6.95. The van der Waals surface area contributed by atoms with Crippen molar-refractivity contribution >= 4 is 35.8 Å². The van der Waals surface area contributed by atoms with Gasteiger partial charge in [0.2, 0.25) is 10.0 Å². The molecule has 2 aliphatic heterocycles. The van der Waals surface area contributed by atoms with E-state index in [1.165, 1.54) is 16.4 Å². The van der Waals surface area contributed by atoms with Crippen LogP contribution in [0.25, 0.3) is 0 Å². The van der Waals surface area contributed by atoms with Crippen LogP contribution in [0.15, 0.2) is 33.6 Å². The zero-order valence-electron chi connectivity index (χ0n) is 13.1. The van der Waals surface area contributed by atoms with E-state index in [0.29, 0.717) is 13.0 Å². The standard InChI is InChI=1S/C15H20BrNO5S2/c16-12-3-5-15(6-4-12)24(20,21)17(10-14-2-1-8-22-14)13-7-9-23(18,19)11-13/h3-6,13-14H,1-2,7-11H2/t13-,14+/m0/s1. The zero-order valence-corrected chi connectivity index (χ0v) is 16.3. The lowest BCUT2D eigenvalue weighted by Gasteiger charge is -2.29. The summed E-state index contributed by atoms with van der Waals surface area (Å²) in [6, 6.07) is 5.88. The van der Waals surface area contributed by atoms with Gasteiger partial charge in [0.05, 0.1) is 22.5 Å². The Morgan fingerprint density at radius 1 is 1.21 bits per heavy atom. The maximum atomic E-state index is 13.1. The van der Waals surface area contributed by atoms with E-state index < -0.39 is 25.9 Å². The molecule has 0 saturated carbocycles. The summed E-state index contributed by atoms with van der Waals surface area (Å²) in [5, 5.41) is 0. The van der Waals surface area contributed by atoms with Crippen LogP contribution in [0.5, 0.6) is 0 Å². The van der Waals surface area contributed by atoms with Gasteiger partial charge in [0, 0.05) is 23.7 Å². The second-order valence-corrected chi connectivity index (χ2v) is 11.3. The maximum Gasteiger partial charge on any atom is 0.243 e. The van der Waals surface area contributed by atoms with Crippen LogP contribution in [0.1, 0.15) is 19.3 Å². The normalized spacial score (nSPS) is 26.9. The van der Waals surface area contributed by atoms with Gasteiger partial charge in [-0.15, -0.1) is 0 Å². The molecular weight excluding hydrogens is 418 g/mol. The Bertz CT molecular complexity index is 786. The maximum absolute atomic E-state index is 13.1. The van der Waals surface area contributed by atoms with Gasteiger partial charge < -0.3 is 4.74 Å². The number of hydrogen-bond acceptors (Lipinski definition) is 5. The second-order valence-electron chi connectivity index (χ2n) is 6.22. The number of rotatable bonds is 5. The van der Waals surface area contributed by atoms with E-state index in [4.69, 9.17) is 4.74 Å². The van der Waals surface area contributed by atoms with E-state index in [2.05, 4.69) is 15.9 Å². The molecule has 9 heteroatoms. The molecule has 3 rings (SSSR count). The van der Waals surface area contributed by atoms with Gasteiger partial charge in [-0.05, 0) is 43.5 Å². The predicted octanol–water partition coefficient (Wildman–Crippen LogP) is 1.81. The molecule has 2 heterocycles. The highest BCUT2D eigenvalue weighted by Crippen LogP contribution is 2.28. The number of sulfone groups is 1. The molecule has 2 atom stereocenters. The van der Waals surface area contributed by atoms with Gasteiger partial charge >= 0.3 is 0 Å². The van der Waals surface area contributed by atoms with Crippen LogP contribution >= 0.6 is 15.9 Å². The minimum atomic E-state index is -3.77. The highest BCUT2D eigenvalue weighted by Gasteiger charge is 2.40. The number of sulfonamides is 1. The van der Waals surface area contributed by atoms with Gasteiger partial charge in [0.25, 0.3) is 0 Å². The first-order valence-electron chi connectivity index (χ1n) is 7.87. The molecule has 0 N–H and O–H groups in total. The molecule has 0 bridgehead atoms. The molecular formula is C15H20BrNO5S2. The zero-order chi connectivity index (χ0) is 17.4. The summed E-state index contributed by atoms with van der Waals surface area (Å²) < 4.78 is 57.6. The van der Waals surface area contributed by atoms with Gasteiger partial charge in [0.1, 0.15) is 0 Å². The lowest BCUT2D eigenvalue weighted by atomic mass is 10.2. The van der Waals surface area contributed by atoms with Crippen LogP contribution in [0.4, 0.5) is 0 Å². The van der Waals surface area contributed by atoms with E-state index in [0.717, 1.165) is 17.3 Å². The van der Waals surface area contributed by atoms with Gasteiger partial charge in [-0.2, -0.15) is 4.31 Å². The summed E-state index contributed by atoms with van der Waals surface area (Å²) in [5.41, 5.74) is 0. The highest BCUT2D eigenvalue weighted by atomic mass is 79.9. The number of nitrogens with zero attached hydrogens (tertiary/aromatic N) is 1. The fourth-order valence-electron chi connectivity index (χ4n) is 3.18. The summed E-state index contributed by atoms with van der Waals surface area (Å²) in [6.45, 7) is 0.832. The van der Waals surface area contributed by atoms with E-state index in [1.807, 2.05) is 0 Å². The van der Waals surface area contributed by atoms with Crippen LogP contribution < -0.4 is 0 Å². The summed E-state index contributed by atoms with van der Waals surface area (Å²) in [5.74, 6) is -0.0783. The van der Waals surface area contributed by atoms with Crippen molar-refractivity contribution in [2.24, 2.45) is 0 Å². The van der Waals surface area contributed by atoms with Crippen molar-refractivity contribution in [3.63, 3.8) is 0 Å². The van der Waals surface area contributed by atoms with Crippen LogP contribution in [0.3, 0.4) is 0 Å². The molecule has 1 aromatic rings. The Balaban J connectivity index is 1.91. The van der Waals surface area contributed by atoms with Crippen LogP contribution in [0, 0.1) is 0 Å². The molecule has 0 amide bonds. The molecule has 6 nitrogen and oxygen atoms in total. The molecule has 1 aromatic carbocycles. The quantitative estimate of drug-likeness (QED) is 0.701. The van der Waals surface area contributed by atoms with Crippen LogP contribution in [-0.2, 0) is 24.6 Å². The summed E-state index contributed by atoms with van der Waals surface area (Å²) in [6.07, 6.45) is 1.87. The summed E-state index contributed by atoms with van der Waals surface area (Å²) in [4.78, 5) is 0.174. The first kappa shape index (κ1) is 18.3. The van der Waals surface area contributed by atoms with Crippen molar-refractivity contribution in [1.82, 2.24) is 4.31 Å². The minimum absolute atomic E-state index is 0.0373. The molecule has 24 heavy (non-hydrogen) atoms. The monoisotopic (exact) mass is 437 g/mol. The molecule has 134 valence electrons. The largest absolute Gasteiger partial charge is 0.377 e. The van der Waals surface area contributed by atoms with Gasteiger partial charge in [-0.3, -0.25) is 0 Å². The Kier molecular flexibility index (Phi) is 5.36. The topological polar surface area (TPSA) is 80.8 Å². The smallest absolute Gasteiger partial charge is 0.243 e. The highest BCUT2D eigenvalue weighted by molar-refractivity contribution is 9.10. The number of ether oxygens (including phenoxy) is 1. The molecule has 0 aromatic heterocycles. The minimum Gasteiger partial charge on any atom is -0.377 e. The SMILES string of the molecule is O=S1(=O)CC[C@H](N(C[C@H]2CCCO2)S(=O)(=O)c2ccc(Br)cc2)C1. The third-order valence-corrected chi connectivity index (χ3v) is 8.66.